The van der Waals surface area contributed by atoms with E-state index < -0.39 is 11.9 Å². The molecule has 1 aliphatic rings. The van der Waals surface area contributed by atoms with Crippen molar-refractivity contribution in [3.63, 3.8) is 0 Å². The van der Waals surface area contributed by atoms with Crippen molar-refractivity contribution in [2.45, 2.75) is 32.7 Å². The van der Waals surface area contributed by atoms with Crippen LogP contribution in [0.1, 0.15) is 53.1 Å². The van der Waals surface area contributed by atoms with E-state index in [0.717, 1.165) is 18.4 Å². The average Bonchev–Trinajstić information content (AvgIpc) is 2.94. The molecule has 0 saturated carbocycles. The monoisotopic (exact) mass is 399 g/mol. The van der Waals surface area contributed by atoms with Gasteiger partial charge in [0.15, 0.2) is 5.43 Å². The molecule has 1 amide bonds. The highest BCUT2D eigenvalue weighted by molar-refractivity contribution is 6.32. The number of hydrogen-bond donors (Lipinski definition) is 0. The number of nitrogens with zero attached hydrogens (tertiary/aromatic N) is 1. The molecule has 0 bridgehead atoms. The number of benzene rings is 2. The van der Waals surface area contributed by atoms with Crippen LogP contribution in [0, 0.1) is 12.7 Å². The lowest BCUT2D eigenvalue weighted by Gasteiger charge is -2.25. The standard InChI is InChI=1S/C22H19ClFNO3/c1-3-4-9-25-19(13-7-5-6-8-16(13)24)18-20(26)14-11-15(23)12(2)10-17(14)28-21(18)22(25)27/h5-8,10-11,19H,3-4,9H2,1-2H3. The Morgan fingerprint density at radius 3 is 2.68 bits per heavy atom. The third-order valence-corrected chi connectivity index (χ3v) is 5.61. The lowest BCUT2D eigenvalue weighted by atomic mass is 9.97. The molecular formula is C22H19ClFNO3. The molecule has 144 valence electrons. The number of unbranched alkanes of at least 4 members (excludes halogenated alkanes) is 1. The van der Waals surface area contributed by atoms with E-state index in [9.17, 15) is 14.0 Å². The van der Waals surface area contributed by atoms with Gasteiger partial charge in [0.1, 0.15) is 11.4 Å². The third-order valence-electron chi connectivity index (χ3n) is 5.20. The lowest BCUT2D eigenvalue weighted by molar-refractivity contribution is 0.0724. The van der Waals surface area contributed by atoms with Gasteiger partial charge in [0.05, 0.1) is 17.0 Å². The Bertz CT molecular complexity index is 1150. The molecule has 3 aromatic rings. The maximum absolute atomic E-state index is 14.6. The van der Waals surface area contributed by atoms with E-state index in [2.05, 4.69) is 0 Å². The van der Waals surface area contributed by atoms with Crippen LogP contribution in [0.2, 0.25) is 5.02 Å². The first-order valence-electron chi connectivity index (χ1n) is 9.26. The summed E-state index contributed by atoms with van der Waals surface area (Å²) in [5, 5.41) is 0.732. The quantitative estimate of drug-likeness (QED) is 0.602. The van der Waals surface area contributed by atoms with E-state index in [0.29, 0.717) is 22.5 Å². The molecule has 1 aromatic heterocycles. The molecule has 1 aliphatic heterocycles. The Hall–Kier alpha value is -2.66. The van der Waals surface area contributed by atoms with Gasteiger partial charge in [0.25, 0.3) is 5.91 Å². The van der Waals surface area contributed by atoms with Crippen LogP contribution in [0.5, 0.6) is 0 Å². The summed E-state index contributed by atoms with van der Waals surface area (Å²) in [6.45, 7) is 4.22. The molecule has 1 unspecified atom stereocenters. The molecule has 4 nitrogen and oxygen atoms in total. The van der Waals surface area contributed by atoms with E-state index >= 15 is 0 Å². The van der Waals surface area contributed by atoms with Crippen molar-refractivity contribution in [2.75, 3.05) is 6.54 Å². The first kappa shape index (κ1) is 18.7. The highest BCUT2D eigenvalue weighted by Gasteiger charge is 2.43. The van der Waals surface area contributed by atoms with Crippen molar-refractivity contribution in [3.8, 4) is 0 Å². The van der Waals surface area contributed by atoms with Crippen molar-refractivity contribution < 1.29 is 13.6 Å². The van der Waals surface area contributed by atoms with Crippen molar-refractivity contribution >= 4 is 28.5 Å². The van der Waals surface area contributed by atoms with E-state index in [1.807, 2.05) is 6.92 Å². The number of halogens is 2. The van der Waals surface area contributed by atoms with Gasteiger partial charge in [-0.2, -0.15) is 0 Å². The summed E-state index contributed by atoms with van der Waals surface area (Å²) in [7, 11) is 0. The molecule has 28 heavy (non-hydrogen) atoms. The van der Waals surface area contributed by atoms with Gasteiger partial charge in [-0.15, -0.1) is 0 Å². The van der Waals surface area contributed by atoms with E-state index in [-0.39, 0.29) is 28.2 Å². The second kappa shape index (κ2) is 7.06. The highest BCUT2D eigenvalue weighted by Crippen LogP contribution is 2.39. The van der Waals surface area contributed by atoms with Crippen LogP contribution in [0.25, 0.3) is 11.0 Å². The number of carbonyl (C=O) groups excluding carboxylic acids is 1. The Morgan fingerprint density at radius 2 is 1.96 bits per heavy atom. The summed E-state index contributed by atoms with van der Waals surface area (Å²) in [6.07, 6.45) is 1.60. The van der Waals surface area contributed by atoms with E-state index in [1.165, 1.54) is 11.0 Å². The van der Waals surface area contributed by atoms with E-state index in [1.54, 1.807) is 37.3 Å². The molecule has 4 rings (SSSR count). The van der Waals surface area contributed by atoms with Crippen LogP contribution in [-0.4, -0.2) is 17.4 Å². The van der Waals surface area contributed by atoms with Crippen molar-refractivity contribution in [1.29, 1.82) is 0 Å². The zero-order valence-electron chi connectivity index (χ0n) is 15.6. The highest BCUT2D eigenvalue weighted by atomic mass is 35.5. The first-order valence-corrected chi connectivity index (χ1v) is 9.64. The van der Waals surface area contributed by atoms with Gasteiger partial charge >= 0.3 is 0 Å². The van der Waals surface area contributed by atoms with Gasteiger partial charge in [0.2, 0.25) is 5.76 Å². The largest absolute Gasteiger partial charge is 0.450 e. The number of hydrogen-bond acceptors (Lipinski definition) is 3. The maximum atomic E-state index is 14.6. The topological polar surface area (TPSA) is 50.5 Å². The molecule has 1 atom stereocenters. The number of amides is 1. The minimum atomic E-state index is -0.809. The predicted molar refractivity (Wildman–Crippen MR) is 106 cm³/mol. The summed E-state index contributed by atoms with van der Waals surface area (Å²) in [5.41, 5.74) is 1.17. The van der Waals surface area contributed by atoms with Gasteiger partial charge < -0.3 is 9.32 Å². The zero-order valence-corrected chi connectivity index (χ0v) is 16.3. The van der Waals surface area contributed by atoms with Crippen LogP contribution >= 0.6 is 11.6 Å². The Kier molecular flexibility index (Phi) is 4.71. The molecule has 0 fully saturated rings. The van der Waals surface area contributed by atoms with Crippen LogP contribution < -0.4 is 5.43 Å². The summed E-state index contributed by atoms with van der Waals surface area (Å²) in [6, 6.07) is 8.61. The van der Waals surface area contributed by atoms with Crippen molar-refractivity contribution in [2.24, 2.45) is 0 Å². The fourth-order valence-electron chi connectivity index (χ4n) is 3.72. The number of aryl methyl sites for hydroxylation is 1. The molecular weight excluding hydrogens is 381 g/mol. The first-order chi connectivity index (χ1) is 13.4. The molecule has 2 aromatic carbocycles. The van der Waals surface area contributed by atoms with Gasteiger partial charge in [-0.25, -0.2) is 4.39 Å². The zero-order chi connectivity index (χ0) is 20.0. The van der Waals surface area contributed by atoms with Crippen LogP contribution in [0.3, 0.4) is 0 Å². The van der Waals surface area contributed by atoms with Gasteiger partial charge in [-0.05, 0) is 37.1 Å². The van der Waals surface area contributed by atoms with Crippen LogP contribution in [0.15, 0.2) is 45.6 Å². The number of fused-ring (bicyclic) bond motifs is 2. The molecule has 0 aliphatic carbocycles. The number of rotatable bonds is 4. The maximum Gasteiger partial charge on any atom is 0.290 e. The fraction of sp³-hybridized carbons (Fsp3) is 0.273. The smallest absolute Gasteiger partial charge is 0.290 e. The molecule has 6 heteroatoms. The second-order valence-electron chi connectivity index (χ2n) is 7.05. The Morgan fingerprint density at radius 1 is 1.21 bits per heavy atom. The number of carbonyl (C=O) groups is 1. The van der Waals surface area contributed by atoms with Gasteiger partial charge in [-0.1, -0.05) is 43.1 Å². The molecule has 0 N–H and O–H groups in total. The van der Waals surface area contributed by atoms with Crippen LogP contribution in [-0.2, 0) is 0 Å². The fourth-order valence-corrected chi connectivity index (χ4v) is 3.88. The normalized spacial score (nSPS) is 16.1. The van der Waals surface area contributed by atoms with Gasteiger partial charge in [0, 0.05) is 17.1 Å². The minimum absolute atomic E-state index is 0.0106. The predicted octanol–water partition coefficient (Wildman–Crippen LogP) is 5.24. The van der Waals surface area contributed by atoms with Crippen LogP contribution in [0.4, 0.5) is 4.39 Å². The lowest BCUT2D eigenvalue weighted by Crippen LogP contribution is -2.31. The second-order valence-corrected chi connectivity index (χ2v) is 7.45. The van der Waals surface area contributed by atoms with Gasteiger partial charge in [-0.3, -0.25) is 9.59 Å². The third kappa shape index (κ3) is 2.81. The summed E-state index contributed by atoms with van der Waals surface area (Å²) in [5.74, 6) is -0.858. The Balaban J connectivity index is 2.02. The average molecular weight is 400 g/mol. The van der Waals surface area contributed by atoms with Crippen molar-refractivity contribution in [1.82, 2.24) is 4.90 Å². The molecule has 0 saturated heterocycles. The summed E-state index contributed by atoms with van der Waals surface area (Å²) < 4.78 is 20.5. The molecule has 2 heterocycles. The molecule has 0 radical (unpaired) electrons. The summed E-state index contributed by atoms with van der Waals surface area (Å²) in [4.78, 5) is 27.9. The van der Waals surface area contributed by atoms with Crippen molar-refractivity contribution in [3.05, 3.63) is 79.9 Å². The molecule has 0 spiro atoms. The Labute approximate surface area is 166 Å². The SMILES string of the molecule is CCCCN1C(=O)c2oc3cc(C)c(Cl)cc3c(=O)c2C1c1ccccc1F. The van der Waals surface area contributed by atoms with E-state index in [4.69, 9.17) is 16.0 Å². The minimum Gasteiger partial charge on any atom is -0.450 e. The summed E-state index contributed by atoms with van der Waals surface area (Å²) >= 11 is 6.20.